The number of carbonyl (C=O) groups excluding carboxylic acids is 1. The second-order valence-electron chi connectivity index (χ2n) is 3.83. The first kappa shape index (κ1) is 13.3. The molecule has 2 rings (SSSR count). The minimum atomic E-state index is -0.363. The van der Waals surface area contributed by atoms with Crippen LogP contribution < -0.4 is 10.6 Å². The van der Waals surface area contributed by atoms with Gasteiger partial charge in [-0.3, -0.25) is 5.32 Å². The Morgan fingerprint density at radius 1 is 1.16 bits per heavy atom. The number of nitrogens with zero attached hydrogens (tertiary/aromatic N) is 2. The van der Waals surface area contributed by atoms with E-state index in [9.17, 15) is 4.79 Å². The van der Waals surface area contributed by atoms with Crippen LogP contribution in [0.4, 0.5) is 16.3 Å². The topological polar surface area (TPSA) is 66.9 Å². The second-order valence-corrected chi connectivity index (χ2v) is 4.22. The molecule has 98 valence electrons. The van der Waals surface area contributed by atoms with Crippen LogP contribution in [0.1, 0.15) is 12.5 Å². The number of aryl methyl sites for hydroxylation is 1. The van der Waals surface area contributed by atoms with Gasteiger partial charge in [-0.15, -0.1) is 10.2 Å². The highest BCUT2D eigenvalue weighted by Gasteiger charge is 2.06. The highest BCUT2D eigenvalue weighted by Crippen LogP contribution is 2.15. The van der Waals surface area contributed by atoms with Gasteiger partial charge >= 0.3 is 6.03 Å². The summed E-state index contributed by atoms with van der Waals surface area (Å²) < 4.78 is 0. The summed E-state index contributed by atoms with van der Waals surface area (Å²) in [6.07, 6.45) is 0.844. The van der Waals surface area contributed by atoms with Crippen molar-refractivity contribution in [1.29, 1.82) is 0 Å². The van der Waals surface area contributed by atoms with Crippen molar-refractivity contribution < 1.29 is 4.79 Å². The van der Waals surface area contributed by atoms with E-state index in [1.807, 2.05) is 31.2 Å². The molecule has 1 aromatic heterocycles. The zero-order valence-corrected chi connectivity index (χ0v) is 11.1. The predicted molar refractivity (Wildman–Crippen MR) is 75.5 cm³/mol. The van der Waals surface area contributed by atoms with E-state index >= 15 is 0 Å². The summed E-state index contributed by atoms with van der Waals surface area (Å²) >= 11 is 5.62. The lowest BCUT2D eigenvalue weighted by Crippen LogP contribution is -2.21. The minimum Gasteiger partial charge on any atom is -0.307 e. The van der Waals surface area contributed by atoms with Crippen molar-refractivity contribution in [3.8, 4) is 0 Å². The maximum atomic E-state index is 11.8. The van der Waals surface area contributed by atoms with Gasteiger partial charge < -0.3 is 5.32 Å². The largest absolute Gasteiger partial charge is 0.324 e. The Labute approximate surface area is 116 Å². The monoisotopic (exact) mass is 276 g/mol. The van der Waals surface area contributed by atoms with Crippen LogP contribution in [-0.4, -0.2) is 16.2 Å². The number of halogens is 1. The quantitative estimate of drug-likeness (QED) is 0.903. The van der Waals surface area contributed by atoms with Crippen molar-refractivity contribution in [3.63, 3.8) is 0 Å². The van der Waals surface area contributed by atoms with Crippen molar-refractivity contribution in [1.82, 2.24) is 10.2 Å². The van der Waals surface area contributed by atoms with Crippen LogP contribution in [0.3, 0.4) is 0 Å². The van der Waals surface area contributed by atoms with E-state index in [-0.39, 0.29) is 11.2 Å². The number of urea groups is 1. The Hall–Kier alpha value is -2.14. The number of para-hydroxylation sites is 1. The van der Waals surface area contributed by atoms with Crippen LogP contribution in [0.2, 0.25) is 5.15 Å². The van der Waals surface area contributed by atoms with Crippen LogP contribution in [0, 0.1) is 0 Å². The van der Waals surface area contributed by atoms with Crippen molar-refractivity contribution in [2.24, 2.45) is 0 Å². The van der Waals surface area contributed by atoms with E-state index in [2.05, 4.69) is 20.8 Å². The number of anilines is 2. The molecule has 0 spiro atoms. The zero-order valence-electron chi connectivity index (χ0n) is 10.4. The molecule has 2 N–H and O–H groups in total. The molecule has 1 heterocycles. The molecule has 0 aliphatic rings. The third-order valence-electron chi connectivity index (χ3n) is 2.52. The Balaban J connectivity index is 2.03. The number of aromatic nitrogens is 2. The number of hydrogen-bond acceptors (Lipinski definition) is 3. The molecule has 0 radical (unpaired) electrons. The van der Waals surface area contributed by atoms with E-state index in [1.165, 1.54) is 0 Å². The number of hydrogen-bond donors (Lipinski definition) is 2. The molecule has 0 atom stereocenters. The summed E-state index contributed by atoms with van der Waals surface area (Å²) in [6, 6.07) is 10.4. The van der Waals surface area contributed by atoms with Gasteiger partial charge in [-0.2, -0.15) is 0 Å². The van der Waals surface area contributed by atoms with E-state index in [0.29, 0.717) is 5.82 Å². The first-order chi connectivity index (χ1) is 9.19. The molecule has 19 heavy (non-hydrogen) atoms. The first-order valence-corrected chi connectivity index (χ1v) is 6.22. The lowest BCUT2D eigenvalue weighted by Gasteiger charge is -2.10. The highest BCUT2D eigenvalue weighted by molar-refractivity contribution is 6.29. The summed E-state index contributed by atoms with van der Waals surface area (Å²) in [5, 5.41) is 13.0. The average molecular weight is 277 g/mol. The SMILES string of the molecule is CCc1ccccc1NC(=O)Nc1ccc(Cl)nn1. The standard InChI is InChI=1S/C13H13ClN4O/c1-2-9-5-3-4-6-10(9)15-13(19)16-12-8-7-11(14)17-18-12/h3-8H,2H2,1H3,(H2,15,16,18,19). The van der Waals surface area contributed by atoms with Crippen LogP contribution in [0.15, 0.2) is 36.4 Å². The van der Waals surface area contributed by atoms with Crippen LogP contribution in [0.5, 0.6) is 0 Å². The molecular weight excluding hydrogens is 264 g/mol. The highest BCUT2D eigenvalue weighted by atomic mass is 35.5. The number of rotatable bonds is 3. The number of amides is 2. The fourth-order valence-corrected chi connectivity index (χ4v) is 1.70. The summed E-state index contributed by atoms with van der Waals surface area (Å²) in [6.45, 7) is 2.03. The molecule has 0 fully saturated rings. The number of carbonyl (C=O) groups is 1. The van der Waals surface area contributed by atoms with E-state index < -0.39 is 0 Å². The van der Waals surface area contributed by atoms with Crippen LogP contribution >= 0.6 is 11.6 Å². The fraction of sp³-hybridized carbons (Fsp3) is 0.154. The molecule has 2 aromatic rings. The van der Waals surface area contributed by atoms with Gasteiger partial charge in [-0.1, -0.05) is 36.7 Å². The second kappa shape index (κ2) is 6.15. The van der Waals surface area contributed by atoms with Crippen LogP contribution in [0.25, 0.3) is 0 Å². The molecule has 0 aliphatic carbocycles. The summed E-state index contributed by atoms with van der Waals surface area (Å²) in [5.41, 5.74) is 1.85. The molecule has 2 amide bonds. The first-order valence-electron chi connectivity index (χ1n) is 5.84. The molecule has 0 saturated carbocycles. The predicted octanol–water partition coefficient (Wildman–Crippen LogP) is 3.34. The van der Waals surface area contributed by atoms with Gasteiger partial charge in [0.05, 0.1) is 0 Å². The van der Waals surface area contributed by atoms with Gasteiger partial charge in [0, 0.05) is 5.69 Å². The number of benzene rings is 1. The molecular formula is C13H13ClN4O. The molecule has 0 bridgehead atoms. The molecule has 0 aliphatic heterocycles. The van der Waals surface area contributed by atoms with Crippen molar-refractivity contribution in [3.05, 3.63) is 47.1 Å². The smallest absolute Gasteiger partial charge is 0.307 e. The van der Waals surface area contributed by atoms with Crippen LogP contribution in [-0.2, 0) is 6.42 Å². The van der Waals surface area contributed by atoms with Crippen molar-refractivity contribution >= 4 is 29.1 Å². The molecule has 6 heteroatoms. The third-order valence-corrected chi connectivity index (χ3v) is 2.72. The van der Waals surface area contributed by atoms with E-state index in [4.69, 9.17) is 11.6 Å². The summed E-state index contributed by atoms with van der Waals surface area (Å²) in [5.74, 6) is 0.343. The Kier molecular flexibility index (Phi) is 4.30. The Bertz CT molecular complexity index is 571. The van der Waals surface area contributed by atoms with Gasteiger partial charge in [0.15, 0.2) is 11.0 Å². The van der Waals surface area contributed by atoms with Crippen molar-refractivity contribution in [2.75, 3.05) is 10.6 Å². The Morgan fingerprint density at radius 2 is 1.95 bits per heavy atom. The van der Waals surface area contributed by atoms with Crippen molar-refractivity contribution in [2.45, 2.75) is 13.3 Å². The fourth-order valence-electron chi connectivity index (χ4n) is 1.60. The number of nitrogens with one attached hydrogen (secondary N) is 2. The zero-order chi connectivity index (χ0) is 13.7. The van der Waals surface area contributed by atoms with Gasteiger partial charge in [0.2, 0.25) is 0 Å². The summed E-state index contributed by atoms with van der Waals surface area (Å²) in [7, 11) is 0. The Morgan fingerprint density at radius 3 is 2.63 bits per heavy atom. The van der Waals surface area contributed by atoms with E-state index in [0.717, 1.165) is 17.7 Å². The van der Waals surface area contributed by atoms with Gasteiger partial charge in [-0.05, 0) is 30.2 Å². The average Bonchev–Trinajstić information content (AvgIpc) is 2.42. The normalized spacial score (nSPS) is 10.0. The van der Waals surface area contributed by atoms with Gasteiger partial charge in [-0.25, -0.2) is 4.79 Å². The maximum absolute atomic E-state index is 11.8. The van der Waals surface area contributed by atoms with Gasteiger partial charge in [0.25, 0.3) is 0 Å². The van der Waals surface area contributed by atoms with E-state index in [1.54, 1.807) is 12.1 Å². The maximum Gasteiger partial charge on any atom is 0.324 e. The minimum absolute atomic E-state index is 0.280. The molecule has 0 saturated heterocycles. The lowest BCUT2D eigenvalue weighted by molar-refractivity contribution is 0.262. The van der Waals surface area contributed by atoms with Gasteiger partial charge in [0.1, 0.15) is 0 Å². The molecule has 0 unspecified atom stereocenters. The molecule has 5 nitrogen and oxygen atoms in total. The molecule has 1 aromatic carbocycles. The third kappa shape index (κ3) is 3.66. The summed E-state index contributed by atoms with van der Waals surface area (Å²) in [4.78, 5) is 11.8. The lowest BCUT2D eigenvalue weighted by atomic mass is 10.1.